The van der Waals surface area contributed by atoms with Crippen molar-refractivity contribution in [2.45, 2.75) is 45.1 Å². The van der Waals surface area contributed by atoms with Crippen molar-refractivity contribution in [3.8, 4) is 0 Å². The van der Waals surface area contributed by atoms with Gasteiger partial charge in [-0.1, -0.05) is 49.8 Å². The van der Waals surface area contributed by atoms with Crippen molar-refractivity contribution in [3.05, 3.63) is 42.0 Å². The van der Waals surface area contributed by atoms with Crippen molar-refractivity contribution in [1.82, 2.24) is 5.32 Å². The van der Waals surface area contributed by atoms with Crippen molar-refractivity contribution in [2.24, 2.45) is 0 Å². The van der Waals surface area contributed by atoms with Crippen LogP contribution in [0.4, 0.5) is 0 Å². The molecule has 1 N–H and O–H groups in total. The number of unbranched alkanes of at least 4 members (excludes halogenated alkanes) is 1. The highest BCUT2D eigenvalue weighted by molar-refractivity contribution is 5.70. The monoisotopic (exact) mass is 229 g/mol. The van der Waals surface area contributed by atoms with Gasteiger partial charge in [0, 0.05) is 6.04 Å². The van der Waals surface area contributed by atoms with Gasteiger partial charge in [-0.2, -0.15) is 0 Å². The molecule has 0 unspecified atom stereocenters. The van der Waals surface area contributed by atoms with E-state index >= 15 is 0 Å². The van der Waals surface area contributed by atoms with Gasteiger partial charge in [0.2, 0.25) is 0 Å². The number of hydrogen-bond acceptors (Lipinski definition) is 1. The minimum absolute atomic E-state index is 0.567. The molecule has 1 aliphatic carbocycles. The average Bonchev–Trinajstić information content (AvgIpc) is 2.41. The Bertz CT molecular complexity index is 353. The van der Waals surface area contributed by atoms with Crippen molar-refractivity contribution in [1.29, 1.82) is 0 Å². The summed E-state index contributed by atoms with van der Waals surface area (Å²) in [4.78, 5) is 0. The molecule has 1 nitrogen and oxygen atoms in total. The highest BCUT2D eigenvalue weighted by Crippen LogP contribution is 2.27. The fourth-order valence-corrected chi connectivity index (χ4v) is 2.49. The van der Waals surface area contributed by atoms with Gasteiger partial charge in [-0.3, -0.25) is 0 Å². The van der Waals surface area contributed by atoms with Gasteiger partial charge in [-0.05, 0) is 43.4 Å². The molecule has 0 heterocycles. The third-order valence-corrected chi connectivity index (χ3v) is 3.46. The van der Waals surface area contributed by atoms with E-state index < -0.39 is 0 Å². The van der Waals surface area contributed by atoms with Gasteiger partial charge >= 0.3 is 0 Å². The first kappa shape index (κ1) is 12.4. The fraction of sp³-hybridized carbons (Fsp3) is 0.500. The van der Waals surface area contributed by atoms with Crippen LogP contribution in [0.3, 0.4) is 0 Å². The van der Waals surface area contributed by atoms with Crippen molar-refractivity contribution in [2.75, 3.05) is 6.54 Å². The maximum absolute atomic E-state index is 3.70. The van der Waals surface area contributed by atoms with Crippen LogP contribution in [-0.2, 0) is 0 Å². The lowest BCUT2D eigenvalue weighted by Gasteiger charge is -2.26. The maximum atomic E-state index is 3.70. The summed E-state index contributed by atoms with van der Waals surface area (Å²) in [6.45, 7) is 3.39. The maximum Gasteiger partial charge on any atom is 0.0323 e. The van der Waals surface area contributed by atoms with E-state index in [1.54, 1.807) is 0 Å². The second-order valence-electron chi connectivity index (χ2n) is 4.82. The number of benzene rings is 1. The van der Waals surface area contributed by atoms with Crippen molar-refractivity contribution < 1.29 is 0 Å². The molecule has 1 heteroatoms. The van der Waals surface area contributed by atoms with Crippen LogP contribution in [0.5, 0.6) is 0 Å². The minimum atomic E-state index is 0.567. The van der Waals surface area contributed by atoms with Crippen LogP contribution in [0.25, 0.3) is 5.57 Å². The first-order chi connectivity index (χ1) is 8.42. The Morgan fingerprint density at radius 2 is 2.06 bits per heavy atom. The summed E-state index contributed by atoms with van der Waals surface area (Å²) in [7, 11) is 0. The summed E-state index contributed by atoms with van der Waals surface area (Å²) in [5.41, 5.74) is 2.90. The summed E-state index contributed by atoms with van der Waals surface area (Å²) < 4.78 is 0. The molecule has 0 aromatic heterocycles. The topological polar surface area (TPSA) is 12.0 Å². The van der Waals surface area contributed by atoms with Gasteiger partial charge in [0.25, 0.3) is 0 Å². The summed E-state index contributed by atoms with van der Waals surface area (Å²) in [5.74, 6) is 0. The molecule has 1 aliphatic rings. The molecule has 0 aliphatic heterocycles. The van der Waals surface area contributed by atoms with E-state index in [1.165, 1.54) is 43.2 Å². The van der Waals surface area contributed by atoms with Crippen LogP contribution >= 0.6 is 0 Å². The summed E-state index contributed by atoms with van der Waals surface area (Å²) in [6, 6.07) is 11.4. The zero-order valence-corrected chi connectivity index (χ0v) is 10.8. The van der Waals surface area contributed by atoms with E-state index in [0.717, 1.165) is 6.54 Å². The number of nitrogens with one attached hydrogen (secondary N) is 1. The second kappa shape index (κ2) is 6.61. The summed E-state index contributed by atoms with van der Waals surface area (Å²) in [6.07, 6.45) is 8.80. The summed E-state index contributed by atoms with van der Waals surface area (Å²) >= 11 is 0. The molecule has 0 saturated carbocycles. The van der Waals surface area contributed by atoms with Crippen LogP contribution < -0.4 is 5.32 Å². The first-order valence-corrected chi connectivity index (χ1v) is 6.90. The number of allylic oxidation sites excluding steroid dienone is 1. The van der Waals surface area contributed by atoms with Crippen LogP contribution in [-0.4, -0.2) is 12.6 Å². The third kappa shape index (κ3) is 3.44. The molecule has 0 spiro atoms. The molecule has 0 amide bonds. The van der Waals surface area contributed by atoms with Crippen LogP contribution in [0.1, 0.15) is 44.6 Å². The fourth-order valence-electron chi connectivity index (χ4n) is 2.49. The molecule has 17 heavy (non-hydrogen) atoms. The van der Waals surface area contributed by atoms with Gasteiger partial charge in [-0.15, -0.1) is 0 Å². The Hall–Kier alpha value is -1.08. The van der Waals surface area contributed by atoms with E-state index in [4.69, 9.17) is 0 Å². The minimum Gasteiger partial charge on any atom is -0.310 e. The standard InChI is InChI=1S/C16H23N/c1-2-3-13-17-16-12-8-7-11-15(16)14-9-5-4-6-10-14/h4-6,9-11,16-17H,2-3,7-8,12-13H2,1H3/t16-/m0/s1. The number of rotatable bonds is 5. The molecule has 1 aromatic carbocycles. The van der Waals surface area contributed by atoms with Gasteiger partial charge < -0.3 is 5.32 Å². The van der Waals surface area contributed by atoms with Gasteiger partial charge in [-0.25, -0.2) is 0 Å². The largest absolute Gasteiger partial charge is 0.310 e. The lowest BCUT2D eigenvalue weighted by molar-refractivity contribution is 0.524. The predicted octanol–water partition coefficient (Wildman–Crippen LogP) is 4.01. The first-order valence-electron chi connectivity index (χ1n) is 6.90. The van der Waals surface area contributed by atoms with E-state index in [0.29, 0.717) is 6.04 Å². The summed E-state index contributed by atoms with van der Waals surface area (Å²) in [5, 5.41) is 3.70. The van der Waals surface area contributed by atoms with E-state index in [2.05, 4.69) is 48.6 Å². The van der Waals surface area contributed by atoms with E-state index in [1.807, 2.05) is 0 Å². The third-order valence-electron chi connectivity index (χ3n) is 3.46. The smallest absolute Gasteiger partial charge is 0.0323 e. The molecule has 2 rings (SSSR count). The van der Waals surface area contributed by atoms with Gasteiger partial charge in [0.05, 0.1) is 0 Å². The zero-order valence-electron chi connectivity index (χ0n) is 10.8. The average molecular weight is 229 g/mol. The normalized spacial score (nSPS) is 20.1. The Balaban J connectivity index is 2.04. The molecule has 1 atom stereocenters. The molecule has 92 valence electrons. The molecule has 0 radical (unpaired) electrons. The van der Waals surface area contributed by atoms with E-state index in [-0.39, 0.29) is 0 Å². The van der Waals surface area contributed by atoms with Crippen LogP contribution in [0.15, 0.2) is 36.4 Å². The Morgan fingerprint density at radius 3 is 2.82 bits per heavy atom. The Morgan fingerprint density at radius 1 is 1.24 bits per heavy atom. The van der Waals surface area contributed by atoms with Crippen molar-refractivity contribution in [3.63, 3.8) is 0 Å². The Labute approximate surface area is 105 Å². The predicted molar refractivity (Wildman–Crippen MR) is 75.0 cm³/mol. The van der Waals surface area contributed by atoms with Crippen LogP contribution in [0, 0.1) is 0 Å². The molecule has 0 saturated heterocycles. The molecule has 0 fully saturated rings. The molecular formula is C16H23N. The zero-order chi connectivity index (χ0) is 11.9. The second-order valence-corrected chi connectivity index (χ2v) is 4.82. The lowest BCUT2D eigenvalue weighted by Crippen LogP contribution is -2.32. The molecule has 0 bridgehead atoms. The highest BCUT2D eigenvalue weighted by atomic mass is 14.9. The van der Waals surface area contributed by atoms with Gasteiger partial charge in [0.1, 0.15) is 0 Å². The SMILES string of the molecule is CCCCN[C@H]1CCCC=C1c1ccccc1. The highest BCUT2D eigenvalue weighted by Gasteiger charge is 2.17. The van der Waals surface area contributed by atoms with Crippen LogP contribution in [0.2, 0.25) is 0 Å². The quantitative estimate of drug-likeness (QED) is 0.752. The molecule has 1 aromatic rings. The number of hydrogen-bond donors (Lipinski definition) is 1. The molecular weight excluding hydrogens is 206 g/mol. The van der Waals surface area contributed by atoms with Crippen molar-refractivity contribution >= 4 is 5.57 Å². The lowest BCUT2D eigenvalue weighted by atomic mass is 9.89. The Kier molecular flexibility index (Phi) is 4.81. The van der Waals surface area contributed by atoms with Gasteiger partial charge in [0.15, 0.2) is 0 Å². The van der Waals surface area contributed by atoms with E-state index in [9.17, 15) is 0 Å².